The summed E-state index contributed by atoms with van der Waals surface area (Å²) in [7, 11) is 1.56. The third kappa shape index (κ3) is 3.70. The number of hydrogen-bond donors (Lipinski definition) is 0. The van der Waals surface area contributed by atoms with Crippen LogP contribution in [0.25, 0.3) is 0 Å². The number of amides is 1. The fourth-order valence-corrected chi connectivity index (χ4v) is 3.36. The monoisotopic (exact) mass is 368 g/mol. The number of thiazole rings is 1. The molecule has 0 bridgehead atoms. The van der Waals surface area contributed by atoms with Gasteiger partial charge in [0, 0.05) is 10.9 Å². The largest absolute Gasteiger partial charge is 0.493 e. The molecule has 5 nitrogen and oxygen atoms in total. The van der Waals surface area contributed by atoms with Crippen LogP contribution in [0.4, 0.5) is 10.8 Å². The minimum absolute atomic E-state index is 0.174. The fourth-order valence-electron chi connectivity index (χ4n) is 2.54. The van der Waals surface area contributed by atoms with E-state index in [1.165, 1.54) is 11.3 Å². The van der Waals surface area contributed by atoms with Gasteiger partial charge in [-0.15, -0.1) is 11.3 Å². The van der Waals surface area contributed by atoms with Gasteiger partial charge in [0.05, 0.1) is 25.1 Å². The van der Waals surface area contributed by atoms with Crippen LogP contribution in [0.2, 0.25) is 0 Å². The number of nitrogens with zero attached hydrogens (tertiary/aromatic N) is 2. The first-order valence-corrected chi connectivity index (χ1v) is 9.14. The molecule has 134 valence electrons. The second kappa shape index (κ2) is 8.01. The summed E-state index contributed by atoms with van der Waals surface area (Å²) < 4.78 is 10.9. The Morgan fingerprint density at radius 2 is 1.92 bits per heavy atom. The first-order valence-electron chi connectivity index (χ1n) is 8.26. The van der Waals surface area contributed by atoms with Crippen molar-refractivity contribution in [1.29, 1.82) is 0 Å². The van der Waals surface area contributed by atoms with Gasteiger partial charge in [0.25, 0.3) is 5.91 Å². The molecule has 0 radical (unpaired) electrons. The molecule has 0 fully saturated rings. The lowest BCUT2D eigenvalue weighted by Crippen LogP contribution is -2.26. The van der Waals surface area contributed by atoms with E-state index in [-0.39, 0.29) is 5.91 Å². The zero-order valence-electron chi connectivity index (χ0n) is 14.9. The molecule has 0 saturated carbocycles. The molecule has 1 heterocycles. The van der Waals surface area contributed by atoms with E-state index in [1.807, 2.05) is 49.6 Å². The molecule has 0 aliphatic carbocycles. The summed E-state index contributed by atoms with van der Waals surface area (Å²) >= 11 is 1.43. The molecule has 3 aromatic rings. The fraction of sp³-hybridized carbons (Fsp3) is 0.200. The lowest BCUT2D eigenvalue weighted by atomic mass is 10.1. The number of benzene rings is 2. The quantitative estimate of drug-likeness (QED) is 0.625. The molecule has 0 unspecified atom stereocenters. The molecule has 1 aromatic heterocycles. The summed E-state index contributed by atoms with van der Waals surface area (Å²) in [4.78, 5) is 19.4. The highest BCUT2D eigenvalue weighted by molar-refractivity contribution is 7.14. The van der Waals surface area contributed by atoms with E-state index in [0.717, 1.165) is 11.4 Å². The minimum Gasteiger partial charge on any atom is -0.493 e. The van der Waals surface area contributed by atoms with E-state index in [1.54, 1.807) is 30.2 Å². The average molecular weight is 368 g/mol. The van der Waals surface area contributed by atoms with Crippen molar-refractivity contribution in [2.75, 3.05) is 18.6 Å². The van der Waals surface area contributed by atoms with Gasteiger partial charge >= 0.3 is 0 Å². The second-order valence-corrected chi connectivity index (χ2v) is 6.38. The Kier molecular flexibility index (Phi) is 5.53. The molecule has 6 heteroatoms. The van der Waals surface area contributed by atoms with E-state index >= 15 is 0 Å². The van der Waals surface area contributed by atoms with Gasteiger partial charge in [0.15, 0.2) is 16.6 Å². The maximum atomic E-state index is 13.3. The summed E-state index contributed by atoms with van der Waals surface area (Å²) in [5, 5.41) is 2.56. The van der Waals surface area contributed by atoms with Crippen molar-refractivity contribution in [3.63, 3.8) is 0 Å². The summed E-state index contributed by atoms with van der Waals surface area (Å²) in [6.45, 7) is 4.34. The van der Waals surface area contributed by atoms with Crippen LogP contribution >= 0.6 is 11.3 Å². The number of anilines is 2. The van der Waals surface area contributed by atoms with Gasteiger partial charge in [0.2, 0.25) is 0 Å². The smallest absolute Gasteiger partial charge is 0.264 e. The van der Waals surface area contributed by atoms with E-state index in [2.05, 4.69) is 4.98 Å². The molecule has 0 atom stereocenters. The Hall–Kier alpha value is -2.86. The van der Waals surface area contributed by atoms with Gasteiger partial charge in [-0.3, -0.25) is 9.69 Å². The molecule has 0 N–H and O–H groups in total. The number of aryl methyl sites for hydroxylation is 1. The minimum atomic E-state index is -0.174. The van der Waals surface area contributed by atoms with Crippen LogP contribution in [0.5, 0.6) is 11.5 Å². The Morgan fingerprint density at radius 1 is 1.15 bits per heavy atom. The van der Waals surface area contributed by atoms with Crippen LogP contribution in [0.3, 0.4) is 0 Å². The van der Waals surface area contributed by atoms with Gasteiger partial charge in [-0.2, -0.15) is 0 Å². The lowest BCUT2D eigenvalue weighted by Gasteiger charge is -2.20. The van der Waals surface area contributed by atoms with E-state index in [0.29, 0.717) is 28.8 Å². The van der Waals surface area contributed by atoms with E-state index in [9.17, 15) is 4.79 Å². The second-order valence-electron chi connectivity index (χ2n) is 5.55. The highest BCUT2D eigenvalue weighted by Crippen LogP contribution is 2.33. The molecule has 0 spiro atoms. The van der Waals surface area contributed by atoms with Gasteiger partial charge in [0.1, 0.15) is 0 Å². The zero-order valence-corrected chi connectivity index (χ0v) is 15.7. The normalized spacial score (nSPS) is 10.4. The molecular weight excluding hydrogens is 348 g/mol. The molecule has 0 aliphatic rings. The Morgan fingerprint density at radius 3 is 2.54 bits per heavy atom. The number of para-hydroxylation sites is 1. The Bertz CT molecular complexity index is 893. The van der Waals surface area contributed by atoms with Crippen molar-refractivity contribution in [1.82, 2.24) is 4.98 Å². The number of methoxy groups -OCH3 is 1. The Labute approximate surface area is 156 Å². The van der Waals surface area contributed by atoms with Crippen LogP contribution < -0.4 is 14.4 Å². The van der Waals surface area contributed by atoms with Gasteiger partial charge < -0.3 is 9.47 Å². The standard InChI is InChI=1S/C20H20N2O3S/c1-4-25-17-11-10-15(12-18(17)24-3)19(23)22(16-8-6-5-7-9-16)20-21-14(2)13-26-20/h5-13H,4H2,1-3H3. The maximum absolute atomic E-state index is 13.3. The molecule has 26 heavy (non-hydrogen) atoms. The molecule has 0 saturated heterocycles. The van der Waals surface area contributed by atoms with Crippen molar-refractivity contribution in [2.45, 2.75) is 13.8 Å². The number of hydrogen-bond acceptors (Lipinski definition) is 5. The summed E-state index contributed by atoms with van der Waals surface area (Å²) in [5.41, 5.74) is 2.14. The first kappa shape index (κ1) is 17.9. The average Bonchev–Trinajstić information content (AvgIpc) is 3.09. The van der Waals surface area contributed by atoms with Crippen LogP contribution in [-0.2, 0) is 0 Å². The molecule has 1 amide bonds. The van der Waals surface area contributed by atoms with Gasteiger partial charge in [-0.1, -0.05) is 18.2 Å². The molecule has 3 rings (SSSR count). The van der Waals surface area contributed by atoms with Crippen molar-refractivity contribution in [2.24, 2.45) is 0 Å². The van der Waals surface area contributed by atoms with E-state index < -0.39 is 0 Å². The van der Waals surface area contributed by atoms with Crippen molar-refractivity contribution in [3.8, 4) is 11.5 Å². The molecule has 0 aliphatic heterocycles. The highest BCUT2D eigenvalue weighted by atomic mass is 32.1. The van der Waals surface area contributed by atoms with Crippen molar-refractivity contribution in [3.05, 3.63) is 65.2 Å². The number of rotatable bonds is 6. The van der Waals surface area contributed by atoms with Crippen LogP contribution in [0.15, 0.2) is 53.9 Å². The predicted molar refractivity (Wildman–Crippen MR) is 104 cm³/mol. The Balaban J connectivity index is 2.03. The van der Waals surface area contributed by atoms with Crippen LogP contribution in [-0.4, -0.2) is 24.6 Å². The van der Waals surface area contributed by atoms with Crippen LogP contribution in [0.1, 0.15) is 23.0 Å². The zero-order chi connectivity index (χ0) is 18.5. The lowest BCUT2D eigenvalue weighted by molar-refractivity contribution is 0.0999. The molecule has 2 aromatic carbocycles. The SMILES string of the molecule is CCOc1ccc(C(=O)N(c2ccccc2)c2nc(C)cs2)cc1OC. The summed E-state index contributed by atoms with van der Waals surface area (Å²) in [5.74, 6) is 0.968. The third-order valence-corrected chi connectivity index (χ3v) is 4.67. The maximum Gasteiger partial charge on any atom is 0.264 e. The number of carbonyl (C=O) groups excluding carboxylic acids is 1. The first-order chi connectivity index (χ1) is 12.6. The van der Waals surface area contributed by atoms with Crippen LogP contribution in [0, 0.1) is 6.92 Å². The molecular formula is C20H20N2O3S. The number of carbonyl (C=O) groups is 1. The van der Waals surface area contributed by atoms with Crippen molar-refractivity contribution >= 4 is 28.1 Å². The van der Waals surface area contributed by atoms with Gasteiger partial charge in [-0.05, 0) is 44.2 Å². The number of aromatic nitrogens is 1. The summed E-state index contributed by atoms with van der Waals surface area (Å²) in [6.07, 6.45) is 0. The summed E-state index contributed by atoms with van der Waals surface area (Å²) in [6, 6.07) is 14.7. The third-order valence-electron chi connectivity index (χ3n) is 3.73. The number of ether oxygens (including phenoxy) is 2. The predicted octanol–water partition coefficient (Wildman–Crippen LogP) is 4.84. The topological polar surface area (TPSA) is 51.7 Å². The van der Waals surface area contributed by atoms with E-state index in [4.69, 9.17) is 9.47 Å². The van der Waals surface area contributed by atoms with Gasteiger partial charge in [-0.25, -0.2) is 4.98 Å². The highest BCUT2D eigenvalue weighted by Gasteiger charge is 2.23. The van der Waals surface area contributed by atoms with Crippen molar-refractivity contribution < 1.29 is 14.3 Å².